The maximum absolute atomic E-state index is 12.7. The summed E-state index contributed by atoms with van der Waals surface area (Å²) in [4.78, 5) is 0. The highest BCUT2D eigenvalue weighted by Gasteiger charge is 2.11. The third-order valence-electron chi connectivity index (χ3n) is 3.21. The molecule has 4 heteroatoms. The summed E-state index contributed by atoms with van der Waals surface area (Å²) in [6.07, 6.45) is 4.96. The normalized spacial score (nSPS) is 19.3. The van der Waals surface area contributed by atoms with E-state index in [1.165, 1.54) is 31.4 Å². The molecule has 18 heavy (non-hydrogen) atoms. The molecule has 102 valence electrons. The van der Waals surface area contributed by atoms with Gasteiger partial charge in [-0.3, -0.25) is 0 Å². The molecule has 0 amide bonds. The van der Waals surface area contributed by atoms with Crippen molar-refractivity contribution in [2.24, 2.45) is 0 Å². The average Bonchev–Trinajstić information content (AvgIpc) is 2.38. The number of nitrogens with one attached hydrogen (secondary N) is 1. The predicted molar refractivity (Wildman–Crippen MR) is 73.6 cm³/mol. The van der Waals surface area contributed by atoms with Crippen LogP contribution < -0.4 is 5.32 Å². The Morgan fingerprint density at radius 1 is 1.22 bits per heavy atom. The molecule has 1 N–H and O–H groups in total. The highest BCUT2D eigenvalue weighted by molar-refractivity contribution is 5.85. The van der Waals surface area contributed by atoms with Crippen molar-refractivity contribution >= 4 is 12.4 Å². The molecule has 0 spiro atoms. The molecule has 0 bridgehead atoms. The molecule has 1 unspecified atom stereocenters. The standard InChI is InChI=1S/C14H20FNO.ClH/c15-13-6-4-12(5-7-13)11-17-10-8-14-3-1-2-9-16-14;/h4-7,14,16H,1-3,8-11H2;1H. The molecule has 1 atom stereocenters. The Balaban J connectivity index is 0.00000162. The summed E-state index contributed by atoms with van der Waals surface area (Å²) in [6, 6.07) is 7.11. The monoisotopic (exact) mass is 273 g/mol. The maximum Gasteiger partial charge on any atom is 0.123 e. The van der Waals surface area contributed by atoms with E-state index >= 15 is 0 Å². The largest absolute Gasteiger partial charge is 0.377 e. The highest BCUT2D eigenvalue weighted by atomic mass is 35.5. The minimum atomic E-state index is -0.194. The van der Waals surface area contributed by atoms with E-state index in [4.69, 9.17) is 4.74 Å². The van der Waals surface area contributed by atoms with E-state index in [0.717, 1.165) is 25.1 Å². The maximum atomic E-state index is 12.7. The summed E-state index contributed by atoms with van der Waals surface area (Å²) in [6.45, 7) is 2.49. The number of piperidine rings is 1. The summed E-state index contributed by atoms with van der Waals surface area (Å²) in [7, 11) is 0. The number of hydrogen-bond donors (Lipinski definition) is 1. The smallest absolute Gasteiger partial charge is 0.123 e. The highest BCUT2D eigenvalue weighted by Crippen LogP contribution is 2.10. The summed E-state index contributed by atoms with van der Waals surface area (Å²) in [5.74, 6) is -0.194. The van der Waals surface area contributed by atoms with E-state index in [0.29, 0.717) is 12.6 Å². The first-order chi connectivity index (χ1) is 8.34. The first-order valence-electron chi connectivity index (χ1n) is 6.40. The van der Waals surface area contributed by atoms with Crippen molar-refractivity contribution in [3.05, 3.63) is 35.6 Å². The molecule has 0 aromatic heterocycles. The molecule has 0 radical (unpaired) electrons. The fourth-order valence-corrected chi connectivity index (χ4v) is 2.17. The molecule has 1 aliphatic rings. The lowest BCUT2D eigenvalue weighted by molar-refractivity contribution is 0.108. The Kier molecular flexibility index (Phi) is 7.25. The van der Waals surface area contributed by atoms with Crippen LogP contribution in [0.5, 0.6) is 0 Å². The van der Waals surface area contributed by atoms with E-state index in [2.05, 4.69) is 5.32 Å². The van der Waals surface area contributed by atoms with Gasteiger partial charge in [0.05, 0.1) is 6.61 Å². The first-order valence-corrected chi connectivity index (χ1v) is 6.40. The minimum absolute atomic E-state index is 0. The lowest BCUT2D eigenvalue weighted by Gasteiger charge is -2.23. The lowest BCUT2D eigenvalue weighted by atomic mass is 10.0. The number of benzene rings is 1. The topological polar surface area (TPSA) is 21.3 Å². The molecule has 1 aliphatic heterocycles. The van der Waals surface area contributed by atoms with Crippen LogP contribution in [0.1, 0.15) is 31.2 Å². The number of ether oxygens (including phenoxy) is 1. The zero-order valence-corrected chi connectivity index (χ0v) is 11.3. The van der Waals surface area contributed by atoms with Crippen LogP contribution in [0.4, 0.5) is 4.39 Å². The third kappa shape index (κ3) is 5.34. The Labute approximate surface area is 114 Å². The fraction of sp³-hybridized carbons (Fsp3) is 0.571. The van der Waals surface area contributed by atoms with Gasteiger partial charge in [0.1, 0.15) is 5.82 Å². The Hall–Kier alpha value is -0.640. The second-order valence-electron chi connectivity index (χ2n) is 4.61. The summed E-state index contributed by atoms with van der Waals surface area (Å²) in [5.41, 5.74) is 1.03. The molecular weight excluding hydrogens is 253 g/mol. The number of rotatable bonds is 5. The van der Waals surface area contributed by atoms with Crippen LogP contribution in [0, 0.1) is 5.82 Å². The Morgan fingerprint density at radius 3 is 2.67 bits per heavy atom. The summed E-state index contributed by atoms with van der Waals surface area (Å²) < 4.78 is 18.3. The minimum Gasteiger partial charge on any atom is -0.377 e. The lowest BCUT2D eigenvalue weighted by Crippen LogP contribution is -2.34. The molecule has 1 saturated heterocycles. The van der Waals surface area contributed by atoms with Gasteiger partial charge in [-0.05, 0) is 43.5 Å². The molecule has 2 rings (SSSR count). The van der Waals surface area contributed by atoms with E-state index in [-0.39, 0.29) is 18.2 Å². The first kappa shape index (κ1) is 15.4. The second kappa shape index (κ2) is 8.46. The van der Waals surface area contributed by atoms with Gasteiger partial charge in [0.2, 0.25) is 0 Å². The molecule has 1 fully saturated rings. The van der Waals surface area contributed by atoms with Gasteiger partial charge in [-0.2, -0.15) is 0 Å². The van der Waals surface area contributed by atoms with Crippen molar-refractivity contribution in [3.63, 3.8) is 0 Å². The molecule has 1 aromatic rings. The fourth-order valence-electron chi connectivity index (χ4n) is 2.17. The zero-order chi connectivity index (χ0) is 11.9. The van der Waals surface area contributed by atoms with Gasteiger partial charge < -0.3 is 10.1 Å². The van der Waals surface area contributed by atoms with Gasteiger partial charge in [0.25, 0.3) is 0 Å². The third-order valence-corrected chi connectivity index (χ3v) is 3.21. The van der Waals surface area contributed by atoms with Gasteiger partial charge in [-0.1, -0.05) is 18.6 Å². The van der Waals surface area contributed by atoms with Crippen LogP contribution in [0.2, 0.25) is 0 Å². The summed E-state index contributed by atoms with van der Waals surface area (Å²) in [5, 5.41) is 3.50. The molecule has 0 aliphatic carbocycles. The van der Waals surface area contributed by atoms with Crippen molar-refractivity contribution in [3.8, 4) is 0 Å². The SMILES string of the molecule is Cl.Fc1ccc(COCCC2CCCCN2)cc1. The summed E-state index contributed by atoms with van der Waals surface area (Å²) >= 11 is 0. The quantitative estimate of drug-likeness (QED) is 0.831. The van der Waals surface area contributed by atoms with Crippen molar-refractivity contribution in [2.75, 3.05) is 13.2 Å². The molecule has 2 nitrogen and oxygen atoms in total. The predicted octanol–water partition coefficient (Wildman–Crippen LogP) is 3.30. The van der Waals surface area contributed by atoms with Gasteiger partial charge in [0, 0.05) is 12.6 Å². The van der Waals surface area contributed by atoms with Gasteiger partial charge in [-0.25, -0.2) is 4.39 Å². The molecule has 1 aromatic carbocycles. The van der Waals surface area contributed by atoms with Crippen LogP contribution in [0.15, 0.2) is 24.3 Å². The van der Waals surface area contributed by atoms with E-state index in [1.807, 2.05) is 0 Å². The zero-order valence-electron chi connectivity index (χ0n) is 10.5. The molecule has 1 heterocycles. The second-order valence-corrected chi connectivity index (χ2v) is 4.61. The van der Waals surface area contributed by atoms with E-state index in [9.17, 15) is 4.39 Å². The van der Waals surface area contributed by atoms with E-state index < -0.39 is 0 Å². The number of halogens is 2. The Morgan fingerprint density at radius 2 is 2.00 bits per heavy atom. The van der Waals surface area contributed by atoms with Crippen molar-refractivity contribution < 1.29 is 9.13 Å². The van der Waals surface area contributed by atoms with Gasteiger partial charge in [0.15, 0.2) is 0 Å². The van der Waals surface area contributed by atoms with Gasteiger partial charge in [-0.15, -0.1) is 12.4 Å². The van der Waals surface area contributed by atoms with Crippen molar-refractivity contribution in [1.29, 1.82) is 0 Å². The number of hydrogen-bond acceptors (Lipinski definition) is 2. The van der Waals surface area contributed by atoms with Crippen LogP contribution in [-0.2, 0) is 11.3 Å². The average molecular weight is 274 g/mol. The van der Waals surface area contributed by atoms with Crippen LogP contribution in [-0.4, -0.2) is 19.2 Å². The van der Waals surface area contributed by atoms with Crippen LogP contribution in [0.25, 0.3) is 0 Å². The van der Waals surface area contributed by atoms with Crippen molar-refractivity contribution in [2.45, 2.75) is 38.3 Å². The van der Waals surface area contributed by atoms with Crippen molar-refractivity contribution in [1.82, 2.24) is 5.32 Å². The Bertz CT molecular complexity index is 325. The van der Waals surface area contributed by atoms with Crippen LogP contribution >= 0.6 is 12.4 Å². The molecule has 0 saturated carbocycles. The van der Waals surface area contributed by atoms with Crippen LogP contribution in [0.3, 0.4) is 0 Å². The van der Waals surface area contributed by atoms with E-state index in [1.54, 1.807) is 12.1 Å². The van der Waals surface area contributed by atoms with Gasteiger partial charge >= 0.3 is 0 Å². The molecular formula is C14H21ClFNO.